The second-order valence-corrected chi connectivity index (χ2v) is 6.58. The van der Waals surface area contributed by atoms with E-state index in [-0.39, 0.29) is 23.4 Å². The Morgan fingerprint density at radius 2 is 2.08 bits per heavy atom. The number of nitrogens with zero attached hydrogens (tertiary/aromatic N) is 1. The molecule has 1 aromatic carbocycles. The van der Waals surface area contributed by atoms with Crippen molar-refractivity contribution in [3.63, 3.8) is 0 Å². The van der Waals surface area contributed by atoms with Crippen molar-refractivity contribution in [3.8, 4) is 0 Å². The molecule has 0 aromatic heterocycles. The monoisotopic (exact) mass is 336 g/mol. The van der Waals surface area contributed by atoms with Gasteiger partial charge < -0.3 is 19.7 Å². The van der Waals surface area contributed by atoms with Crippen LogP contribution < -0.4 is 10.2 Å². The number of benzene rings is 1. The summed E-state index contributed by atoms with van der Waals surface area (Å²) < 4.78 is 24.4. The van der Waals surface area contributed by atoms with Crippen molar-refractivity contribution in [1.29, 1.82) is 0 Å². The van der Waals surface area contributed by atoms with Gasteiger partial charge in [-0.1, -0.05) is 0 Å². The Morgan fingerprint density at radius 1 is 1.38 bits per heavy atom. The second kappa shape index (κ2) is 7.59. The molecule has 1 aromatic rings. The van der Waals surface area contributed by atoms with Gasteiger partial charge in [-0.2, -0.15) is 0 Å². The summed E-state index contributed by atoms with van der Waals surface area (Å²) in [6, 6.07) is 6.09. The normalized spacial score (nSPS) is 22.7. The van der Waals surface area contributed by atoms with E-state index in [1.165, 1.54) is 12.1 Å². The number of hydrogen-bond donors (Lipinski definition) is 1. The maximum absolute atomic E-state index is 13.3. The summed E-state index contributed by atoms with van der Waals surface area (Å²) in [6.07, 6.45) is 3.06. The smallest absolute Gasteiger partial charge is 0.229 e. The van der Waals surface area contributed by atoms with Crippen molar-refractivity contribution < 1.29 is 18.7 Å². The third-order valence-corrected chi connectivity index (χ3v) is 4.96. The molecule has 0 aliphatic carbocycles. The van der Waals surface area contributed by atoms with E-state index in [1.807, 2.05) is 0 Å². The van der Waals surface area contributed by atoms with Gasteiger partial charge in [0.25, 0.3) is 0 Å². The maximum atomic E-state index is 13.3. The molecule has 0 bridgehead atoms. The fraction of sp³-hybridized carbons (Fsp3) is 0.611. The summed E-state index contributed by atoms with van der Waals surface area (Å²) in [5, 5.41) is 3.35. The van der Waals surface area contributed by atoms with Gasteiger partial charge in [-0.3, -0.25) is 4.79 Å². The molecule has 6 heteroatoms. The average molecular weight is 336 g/mol. The molecule has 0 saturated carbocycles. The highest BCUT2D eigenvalue weighted by Gasteiger charge is 2.44. The topological polar surface area (TPSA) is 50.8 Å². The third kappa shape index (κ3) is 3.77. The van der Waals surface area contributed by atoms with E-state index in [2.05, 4.69) is 5.32 Å². The molecule has 1 spiro atoms. The SMILES string of the molecule is COCCC(=O)N(c1ccc(F)cc1)[C@@H]1COC2(CCNCC2)C1. The Balaban J connectivity index is 1.79. The zero-order valence-corrected chi connectivity index (χ0v) is 14.1. The van der Waals surface area contributed by atoms with E-state index in [0.29, 0.717) is 19.6 Å². The van der Waals surface area contributed by atoms with Crippen LogP contribution in [0.4, 0.5) is 10.1 Å². The number of carbonyl (C=O) groups excluding carboxylic acids is 1. The lowest BCUT2D eigenvalue weighted by molar-refractivity contribution is -0.120. The lowest BCUT2D eigenvalue weighted by Crippen LogP contribution is -2.44. The largest absolute Gasteiger partial charge is 0.384 e. The molecule has 3 rings (SSSR count). The van der Waals surface area contributed by atoms with Crippen molar-refractivity contribution in [2.24, 2.45) is 0 Å². The molecular formula is C18H25FN2O3. The highest BCUT2D eigenvalue weighted by molar-refractivity contribution is 5.94. The van der Waals surface area contributed by atoms with Gasteiger partial charge in [-0.05, 0) is 56.6 Å². The van der Waals surface area contributed by atoms with Gasteiger partial charge in [-0.15, -0.1) is 0 Å². The minimum Gasteiger partial charge on any atom is -0.384 e. The Morgan fingerprint density at radius 3 is 2.75 bits per heavy atom. The Labute approximate surface area is 142 Å². The molecule has 2 fully saturated rings. The molecule has 2 aliphatic rings. The fourth-order valence-electron chi connectivity index (χ4n) is 3.69. The molecular weight excluding hydrogens is 311 g/mol. The number of amides is 1. The zero-order valence-electron chi connectivity index (χ0n) is 14.1. The number of ether oxygens (including phenoxy) is 2. The zero-order chi connectivity index (χ0) is 17.0. The standard InChI is InChI=1S/C18H25FN2O3/c1-23-11-6-17(22)21(15-4-2-14(19)3-5-15)16-12-18(24-13-16)7-9-20-10-8-18/h2-5,16,20H,6-13H2,1H3/t16-/m0/s1. The van der Waals surface area contributed by atoms with Crippen LogP contribution in [0.3, 0.4) is 0 Å². The summed E-state index contributed by atoms with van der Waals surface area (Å²) >= 11 is 0. The predicted octanol–water partition coefficient (Wildman–Crippen LogP) is 2.11. The van der Waals surface area contributed by atoms with Crippen molar-refractivity contribution in [1.82, 2.24) is 5.32 Å². The van der Waals surface area contributed by atoms with Crippen LogP contribution in [0.1, 0.15) is 25.7 Å². The van der Waals surface area contributed by atoms with Crippen LogP contribution in [0.15, 0.2) is 24.3 Å². The van der Waals surface area contributed by atoms with E-state index in [9.17, 15) is 9.18 Å². The molecule has 0 radical (unpaired) electrons. The third-order valence-electron chi connectivity index (χ3n) is 4.96. The van der Waals surface area contributed by atoms with Crippen molar-refractivity contribution in [2.45, 2.75) is 37.3 Å². The Bertz CT molecular complexity index is 558. The molecule has 2 aliphatic heterocycles. The van der Waals surface area contributed by atoms with Gasteiger partial charge >= 0.3 is 0 Å². The molecule has 1 N–H and O–H groups in total. The van der Waals surface area contributed by atoms with Crippen LogP contribution in [0, 0.1) is 5.82 Å². The van der Waals surface area contributed by atoms with Gasteiger partial charge in [-0.25, -0.2) is 4.39 Å². The van der Waals surface area contributed by atoms with Gasteiger partial charge in [0.15, 0.2) is 0 Å². The molecule has 132 valence electrons. The molecule has 1 atom stereocenters. The molecule has 1 amide bonds. The number of methoxy groups -OCH3 is 1. The van der Waals surface area contributed by atoms with Crippen LogP contribution in [0.25, 0.3) is 0 Å². The minimum atomic E-state index is -0.305. The summed E-state index contributed by atoms with van der Waals surface area (Å²) in [5.74, 6) is -0.316. The van der Waals surface area contributed by atoms with E-state index in [1.54, 1.807) is 24.1 Å². The number of halogens is 1. The summed E-state index contributed by atoms with van der Waals surface area (Å²) in [7, 11) is 1.58. The van der Waals surface area contributed by atoms with E-state index in [0.717, 1.165) is 38.0 Å². The first-order valence-corrected chi connectivity index (χ1v) is 8.55. The molecule has 24 heavy (non-hydrogen) atoms. The van der Waals surface area contributed by atoms with Crippen molar-refractivity contribution in [2.75, 3.05) is 38.3 Å². The van der Waals surface area contributed by atoms with Gasteiger partial charge in [0.05, 0.1) is 31.3 Å². The summed E-state index contributed by atoms with van der Waals surface area (Å²) in [4.78, 5) is 14.5. The minimum absolute atomic E-state index is 0.0111. The van der Waals surface area contributed by atoms with Gasteiger partial charge in [0.1, 0.15) is 5.82 Å². The second-order valence-electron chi connectivity index (χ2n) is 6.58. The number of hydrogen-bond acceptors (Lipinski definition) is 4. The first kappa shape index (κ1) is 17.3. The lowest BCUT2D eigenvalue weighted by atomic mass is 9.88. The number of rotatable bonds is 5. The number of anilines is 1. The molecule has 0 unspecified atom stereocenters. The van der Waals surface area contributed by atoms with Crippen LogP contribution in [-0.4, -0.2) is 51.0 Å². The van der Waals surface area contributed by atoms with E-state index >= 15 is 0 Å². The number of carbonyl (C=O) groups is 1. The number of piperidine rings is 1. The van der Waals surface area contributed by atoms with Crippen molar-refractivity contribution >= 4 is 11.6 Å². The Kier molecular flexibility index (Phi) is 5.48. The number of nitrogens with one attached hydrogen (secondary N) is 1. The molecule has 5 nitrogen and oxygen atoms in total. The lowest BCUT2D eigenvalue weighted by Gasteiger charge is -2.34. The highest BCUT2D eigenvalue weighted by Crippen LogP contribution is 2.37. The quantitative estimate of drug-likeness (QED) is 0.895. The fourth-order valence-corrected chi connectivity index (χ4v) is 3.69. The first-order chi connectivity index (χ1) is 11.6. The average Bonchev–Trinajstić information content (AvgIpc) is 2.98. The van der Waals surface area contributed by atoms with Crippen LogP contribution in [-0.2, 0) is 14.3 Å². The van der Waals surface area contributed by atoms with Crippen LogP contribution in [0.2, 0.25) is 0 Å². The first-order valence-electron chi connectivity index (χ1n) is 8.55. The maximum Gasteiger partial charge on any atom is 0.229 e. The molecule has 2 saturated heterocycles. The van der Waals surface area contributed by atoms with Gasteiger partial charge in [0.2, 0.25) is 5.91 Å². The van der Waals surface area contributed by atoms with Crippen LogP contribution >= 0.6 is 0 Å². The Hall–Kier alpha value is -1.50. The van der Waals surface area contributed by atoms with Crippen molar-refractivity contribution in [3.05, 3.63) is 30.1 Å². The van der Waals surface area contributed by atoms with Crippen LogP contribution in [0.5, 0.6) is 0 Å². The van der Waals surface area contributed by atoms with E-state index in [4.69, 9.17) is 9.47 Å². The predicted molar refractivity (Wildman–Crippen MR) is 89.6 cm³/mol. The van der Waals surface area contributed by atoms with Gasteiger partial charge in [0, 0.05) is 12.8 Å². The summed E-state index contributed by atoms with van der Waals surface area (Å²) in [6.45, 7) is 2.79. The summed E-state index contributed by atoms with van der Waals surface area (Å²) in [5.41, 5.74) is 0.590. The highest BCUT2D eigenvalue weighted by atomic mass is 19.1. The van der Waals surface area contributed by atoms with E-state index < -0.39 is 0 Å². The molecule has 2 heterocycles.